The molecule has 2 N–H and O–H groups in total. The summed E-state index contributed by atoms with van der Waals surface area (Å²) in [4.78, 5) is 10.2. The lowest BCUT2D eigenvalue weighted by Crippen LogP contribution is -2.38. The number of aromatic nitrogens is 1. The molecule has 0 aliphatic carbocycles. The average Bonchev–Trinajstić information content (AvgIpc) is 3.08. The molecule has 1 unspecified atom stereocenters. The number of hydrogen-bond acceptors (Lipinski definition) is 3. The number of aliphatic imine (C=N–C) groups is 1. The molecule has 0 saturated carbocycles. The van der Waals surface area contributed by atoms with E-state index in [0.29, 0.717) is 5.92 Å². The van der Waals surface area contributed by atoms with Gasteiger partial charge in [0, 0.05) is 36.3 Å². The van der Waals surface area contributed by atoms with E-state index in [0.717, 1.165) is 32.0 Å². The van der Waals surface area contributed by atoms with Crippen LogP contribution in [0.1, 0.15) is 30.2 Å². The molecule has 1 atom stereocenters. The number of halogens is 1. The Hall–Kier alpha value is -1.15. The maximum absolute atomic E-state index is 4.69. The van der Waals surface area contributed by atoms with Crippen LogP contribution in [0, 0.1) is 0 Å². The van der Waals surface area contributed by atoms with Gasteiger partial charge in [-0.25, -0.2) is 0 Å². The van der Waals surface area contributed by atoms with E-state index in [9.17, 15) is 0 Å². The van der Waals surface area contributed by atoms with Crippen LogP contribution in [0.2, 0.25) is 0 Å². The topological polar surface area (TPSA) is 49.3 Å². The summed E-state index contributed by atoms with van der Waals surface area (Å²) in [5.74, 6) is 1.34. The number of hydrogen-bond donors (Lipinski definition) is 2. The second-order valence-electron chi connectivity index (χ2n) is 5.17. The molecule has 2 rings (SSSR count). The van der Waals surface area contributed by atoms with Crippen molar-refractivity contribution >= 4 is 41.3 Å². The third-order valence-electron chi connectivity index (χ3n) is 3.33. The lowest BCUT2D eigenvalue weighted by molar-refractivity contribution is 0.754. The maximum Gasteiger partial charge on any atom is 0.191 e. The SMILES string of the molecule is CCNC(=NCC(C)c1cccs1)NCCc1cccnc1.I. The predicted octanol–water partition coefficient (Wildman–Crippen LogP) is 3.66. The molecule has 0 bridgehead atoms. The van der Waals surface area contributed by atoms with E-state index in [1.807, 2.05) is 12.3 Å². The Morgan fingerprint density at radius 3 is 2.83 bits per heavy atom. The smallest absolute Gasteiger partial charge is 0.191 e. The van der Waals surface area contributed by atoms with E-state index in [1.54, 1.807) is 17.5 Å². The lowest BCUT2D eigenvalue weighted by Gasteiger charge is -2.13. The van der Waals surface area contributed by atoms with Gasteiger partial charge < -0.3 is 10.6 Å². The van der Waals surface area contributed by atoms with Crippen LogP contribution in [0.5, 0.6) is 0 Å². The summed E-state index contributed by atoms with van der Waals surface area (Å²) < 4.78 is 0. The molecule has 2 heterocycles. The largest absolute Gasteiger partial charge is 0.357 e. The molecule has 0 fully saturated rings. The number of thiophene rings is 1. The third kappa shape index (κ3) is 7.30. The Labute approximate surface area is 159 Å². The zero-order valence-corrected chi connectivity index (χ0v) is 16.8. The van der Waals surface area contributed by atoms with E-state index in [1.165, 1.54) is 10.4 Å². The van der Waals surface area contributed by atoms with E-state index in [4.69, 9.17) is 0 Å². The molecule has 23 heavy (non-hydrogen) atoms. The molecule has 4 nitrogen and oxygen atoms in total. The summed E-state index contributed by atoms with van der Waals surface area (Å²) in [5, 5.41) is 8.80. The highest BCUT2D eigenvalue weighted by Gasteiger charge is 2.06. The van der Waals surface area contributed by atoms with Crippen LogP contribution in [0.3, 0.4) is 0 Å². The number of nitrogens with one attached hydrogen (secondary N) is 2. The van der Waals surface area contributed by atoms with Gasteiger partial charge >= 0.3 is 0 Å². The van der Waals surface area contributed by atoms with Crippen molar-refractivity contribution in [1.29, 1.82) is 0 Å². The first kappa shape index (κ1) is 19.9. The van der Waals surface area contributed by atoms with Crippen LogP contribution in [-0.2, 0) is 6.42 Å². The van der Waals surface area contributed by atoms with Crippen LogP contribution in [0.4, 0.5) is 0 Å². The van der Waals surface area contributed by atoms with Gasteiger partial charge in [0.2, 0.25) is 0 Å². The normalized spacial score (nSPS) is 12.3. The van der Waals surface area contributed by atoms with Gasteiger partial charge in [-0.1, -0.05) is 19.1 Å². The van der Waals surface area contributed by atoms with Gasteiger partial charge in [0.15, 0.2) is 5.96 Å². The first-order chi connectivity index (χ1) is 10.8. The molecular formula is C17H25IN4S. The minimum atomic E-state index is 0. The molecule has 2 aromatic heterocycles. The number of nitrogens with zero attached hydrogens (tertiary/aromatic N) is 2. The third-order valence-corrected chi connectivity index (χ3v) is 4.43. The van der Waals surface area contributed by atoms with Gasteiger partial charge in [0.1, 0.15) is 0 Å². The van der Waals surface area contributed by atoms with Crippen molar-refractivity contribution in [3.63, 3.8) is 0 Å². The summed E-state index contributed by atoms with van der Waals surface area (Å²) >= 11 is 1.79. The Kier molecular flexibility index (Phi) is 9.86. The molecule has 6 heteroatoms. The Morgan fingerprint density at radius 2 is 2.17 bits per heavy atom. The highest BCUT2D eigenvalue weighted by Crippen LogP contribution is 2.20. The van der Waals surface area contributed by atoms with Crippen LogP contribution >= 0.6 is 35.3 Å². The maximum atomic E-state index is 4.69. The van der Waals surface area contributed by atoms with Crippen molar-refractivity contribution in [2.24, 2.45) is 4.99 Å². The summed E-state index contributed by atoms with van der Waals surface area (Å²) in [6.07, 6.45) is 4.65. The molecule has 2 aromatic rings. The highest BCUT2D eigenvalue weighted by molar-refractivity contribution is 14.0. The van der Waals surface area contributed by atoms with Crippen molar-refractivity contribution < 1.29 is 0 Å². The van der Waals surface area contributed by atoms with E-state index in [-0.39, 0.29) is 24.0 Å². The molecule has 126 valence electrons. The fourth-order valence-electron chi connectivity index (χ4n) is 2.10. The number of rotatable bonds is 7. The van der Waals surface area contributed by atoms with Gasteiger partial charge in [0.25, 0.3) is 0 Å². The molecule has 0 aliphatic heterocycles. The summed E-state index contributed by atoms with van der Waals surface area (Å²) in [6.45, 7) is 6.81. The first-order valence-electron chi connectivity index (χ1n) is 7.74. The predicted molar refractivity (Wildman–Crippen MR) is 110 cm³/mol. The van der Waals surface area contributed by atoms with Crippen molar-refractivity contribution in [3.05, 3.63) is 52.5 Å². The van der Waals surface area contributed by atoms with Gasteiger partial charge in [-0.3, -0.25) is 9.98 Å². The van der Waals surface area contributed by atoms with E-state index >= 15 is 0 Å². The second kappa shape index (κ2) is 11.4. The Morgan fingerprint density at radius 1 is 1.30 bits per heavy atom. The van der Waals surface area contributed by atoms with E-state index in [2.05, 4.69) is 58.0 Å². The van der Waals surface area contributed by atoms with Crippen LogP contribution in [0.15, 0.2) is 47.0 Å². The Balaban J connectivity index is 0.00000264. The first-order valence-corrected chi connectivity index (χ1v) is 8.62. The van der Waals surface area contributed by atoms with Gasteiger partial charge in [-0.2, -0.15) is 0 Å². The molecule has 0 spiro atoms. The molecular weight excluding hydrogens is 419 g/mol. The summed E-state index contributed by atoms with van der Waals surface area (Å²) in [7, 11) is 0. The van der Waals surface area contributed by atoms with Crippen molar-refractivity contribution in [3.8, 4) is 0 Å². The van der Waals surface area contributed by atoms with Crippen molar-refractivity contribution in [1.82, 2.24) is 15.6 Å². The summed E-state index contributed by atoms with van der Waals surface area (Å²) in [6, 6.07) is 8.33. The highest BCUT2D eigenvalue weighted by atomic mass is 127. The van der Waals surface area contributed by atoms with Gasteiger partial charge in [-0.05, 0) is 36.4 Å². The molecule has 0 aromatic carbocycles. The van der Waals surface area contributed by atoms with Crippen LogP contribution < -0.4 is 10.6 Å². The average molecular weight is 444 g/mol. The number of guanidine groups is 1. The molecule has 0 radical (unpaired) electrons. The second-order valence-corrected chi connectivity index (χ2v) is 6.15. The van der Waals surface area contributed by atoms with Gasteiger partial charge in [-0.15, -0.1) is 35.3 Å². The van der Waals surface area contributed by atoms with Crippen LogP contribution in [0.25, 0.3) is 0 Å². The molecule has 0 amide bonds. The monoisotopic (exact) mass is 444 g/mol. The number of pyridine rings is 1. The quantitative estimate of drug-likeness (QED) is 0.389. The lowest BCUT2D eigenvalue weighted by atomic mass is 10.1. The minimum absolute atomic E-state index is 0. The van der Waals surface area contributed by atoms with Gasteiger partial charge in [0.05, 0.1) is 6.54 Å². The Bertz CT molecular complexity index is 557. The fraction of sp³-hybridized carbons (Fsp3) is 0.412. The standard InChI is InChI=1S/C17H24N4S.HI/c1-3-19-17(20-10-8-15-6-4-9-18-13-15)21-12-14(2)16-7-5-11-22-16;/h4-7,9,11,13-14H,3,8,10,12H2,1-2H3,(H2,19,20,21);1H. The minimum Gasteiger partial charge on any atom is -0.357 e. The van der Waals surface area contributed by atoms with Crippen molar-refractivity contribution in [2.45, 2.75) is 26.2 Å². The van der Waals surface area contributed by atoms with E-state index < -0.39 is 0 Å². The fourth-order valence-corrected chi connectivity index (χ4v) is 2.88. The molecule has 0 saturated heterocycles. The zero-order valence-electron chi connectivity index (χ0n) is 13.7. The van der Waals surface area contributed by atoms with Crippen molar-refractivity contribution in [2.75, 3.05) is 19.6 Å². The molecule has 0 aliphatic rings. The zero-order chi connectivity index (χ0) is 15.6. The van der Waals surface area contributed by atoms with Crippen LogP contribution in [-0.4, -0.2) is 30.6 Å². The summed E-state index contributed by atoms with van der Waals surface area (Å²) in [5.41, 5.74) is 1.23.